The average molecular weight is 451 g/mol. The first-order valence-corrected chi connectivity index (χ1v) is 10.3. The van der Waals surface area contributed by atoms with Gasteiger partial charge in [0.05, 0.1) is 17.1 Å². The summed E-state index contributed by atoms with van der Waals surface area (Å²) >= 11 is 0. The number of amides is 2. The maximum Gasteiger partial charge on any atom is 0.275 e. The summed E-state index contributed by atoms with van der Waals surface area (Å²) in [6.45, 7) is 0.218. The van der Waals surface area contributed by atoms with Crippen LogP contribution in [0.1, 0.15) is 32.0 Å². The number of nitrogen functional groups attached to an aromatic ring is 2. The molecule has 6 N–H and O–H groups in total. The number of anilines is 3. The first-order valence-electron chi connectivity index (χ1n) is 10.3. The number of carbonyl (C=O) groups is 2. The molecule has 1 aromatic heterocycles. The molecule has 0 radical (unpaired) electrons. The zero-order valence-corrected chi connectivity index (χ0v) is 18.0. The lowest BCUT2D eigenvalue weighted by atomic mass is 10.1. The lowest BCUT2D eigenvalue weighted by Gasteiger charge is -2.09. The molecule has 2 amide bonds. The number of para-hydroxylation sites is 2. The normalized spacial score (nSPS) is 10.3. The van der Waals surface area contributed by atoms with Crippen molar-refractivity contribution in [2.45, 2.75) is 6.54 Å². The zero-order chi connectivity index (χ0) is 24.1. The second kappa shape index (κ2) is 9.58. The van der Waals surface area contributed by atoms with E-state index in [0.29, 0.717) is 22.6 Å². The van der Waals surface area contributed by atoms with Crippen LogP contribution in [0.2, 0.25) is 0 Å². The van der Waals surface area contributed by atoms with Crippen molar-refractivity contribution >= 4 is 29.0 Å². The van der Waals surface area contributed by atoms with Crippen LogP contribution in [-0.4, -0.2) is 26.8 Å². The Kier molecular flexibility index (Phi) is 6.23. The van der Waals surface area contributed by atoms with Crippen molar-refractivity contribution in [3.8, 4) is 18.0 Å². The number of nitrogens with zero attached hydrogens (tertiary/aromatic N) is 3. The Morgan fingerprint density at radius 1 is 0.912 bits per heavy atom. The Balaban J connectivity index is 1.37. The predicted molar refractivity (Wildman–Crippen MR) is 130 cm³/mol. The molecule has 3 aromatic carbocycles. The Labute approximate surface area is 195 Å². The fraction of sp³-hybridized carbons (Fsp3) is 0.0400. The number of aromatic nitrogens is 3. The highest BCUT2D eigenvalue weighted by Crippen LogP contribution is 2.18. The molecule has 34 heavy (non-hydrogen) atoms. The third-order valence-corrected chi connectivity index (χ3v) is 5.00. The van der Waals surface area contributed by atoms with E-state index >= 15 is 0 Å². The minimum Gasteiger partial charge on any atom is -0.397 e. The monoisotopic (exact) mass is 451 g/mol. The summed E-state index contributed by atoms with van der Waals surface area (Å²) in [7, 11) is 0. The smallest absolute Gasteiger partial charge is 0.275 e. The van der Waals surface area contributed by atoms with E-state index in [0.717, 1.165) is 11.1 Å². The number of nitrogens with one attached hydrogen (secondary N) is 2. The van der Waals surface area contributed by atoms with E-state index in [1.165, 1.54) is 4.80 Å². The van der Waals surface area contributed by atoms with Gasteiger partial charge in [0.25, 0.3) is 11.8 Å². The van der Waals surface area contributed by atoms with Crippen LogP contribution in [0.3, 0.4) is 0 Å². The van der Waals surface area contributed by atoms with E-state index in [1.54, 1.807) is 72.8 Å². The molecule has 0 atom stereocenters. The fourth-order valence-corrected chi connectivity index (χ4v) is 3.13. The molecule has 9 nitrogen and oxygen atoms in total. The van der Waals surface area contributed by atoms with Crippen molar-refractivity contribution in [3.05, 3.63) is 95.2 Å². The van der Waals surface area contributed by atoms with Gasteiger partial charge < -0.3 is 22.1 Å². The van der Waals surface area contributed by atoms with Gasteiger partial charge in [0.1, 0.15) is 0 Å². The first kappa shape index (κ1) is 22.1. The number of carbonyl (C=O) groups excluding carboxylic acids is 2. The third kappa shape index (κ3) is 4.87. The summed E-state index contributed by atoms with van der Waals surface area (Å²) in [5.41, 5.74) is 15.4. The Bertz CT molecular complexity index is 1380. The number of terminal acetylenes is 1. The lowest BCUT2D eigenvalue weighted by molar-refractivity contribution is 0.0945. The molecule has 9 heteroatoms. The van der Waals surface area contributed by atoms with Crippen LogP contribution >= 0.6 is 0 Å². The van der Waals surface area contributed by atoms with E-state index in [2.05, 4.69) is 26.8 Å². The number of benzene rings is 3. The van der Waals surface area contributed by atoms with E-state index in [4.69, 9.17) is 17.9 Å². The molecule has 4 aromatic rings. The Morgan fingerprint density at radius 2 is 1.62 bits per heavy atom. The largest absolute Gasteiger partial charge is 0.397 e. The minimum absolute atomic E-state index is 0.00531. The van der Waals surface area contributed by atoms with Crippen molar-refractivity contribution in [1.29, 1.82) is 0 Å². The molecule has 0 spiro atoms. The van der Waals surface area contributed by atoms with Crippen LogP contribution < -0.4 is 22.1 Å². The second-order valence-corrected chi connectivity index (χ2v) is 7.34. The van der Waals surface area contributed by atoms with Crippen LogP contribution in [0.5, 0.6) is 0 Å². The van der Waals surface area contributed by atoms with Gasteiger partial charge in [0.15, 0.2) is 11.5 Å². The quantitative estimate of drug-likeness (QED) is 0.262. The summed E-state index contributed by atoms with van der Waals surface area (Å²) in [5, 5.41) is 13.8. The topological polar surface area (TPSA) is 141 Å². The van der Waals surface area contributed by atoms with Crippen molar-refractivity contribution in [3.63, 3.8) is 0 Å². The molecule has 0 saturated carbocycles. The molecule has 0 fully saturated rings. The molecule has 1 heterocycles. The van der Waals surface area contributed by atoms with Crippen LogP contribution in [0, 0.1) is 12.3 Å². The summed E-state index contributed by atoms with van der Waals surface area (Å²) in [5.74, 6) is 1.78. The van der Waals surface area contributed by atoms with Crippen LogP contribution in [0.4, 0.5) is 17.2 Å². The van der Waals surface area contributed by atoms with Gasteiger partial charge in [-0.15, -0.1) is 21.4 Å². The van der Waals surface area contributed by atoms with Crippen molar-refractivity contribution in [1.82, 2.24) is 20.3 Å². The minimum atomic E-state index is -0.467. The Morgan fingerprint density at radius 3 is 2.29 bits per heavy atom. The number of nitrogens with two attached hydrogens (primary N) is 2. The standard InChI is InChI=1S/C25H21N7O2/c1-2-16-9-13-19(14-10-16)32-30-22(23(27)31-32)25(34)28-15-17-7-11-18(12-8-17)24(33)29-21-6-4-3-5-20(21)26/h1,3-14H,15,26H2,(H2,27,31)(H,28,34)(H,29,33). The van der Waals surface area contributed by atoms with Gasteiger partial charge in [-0.1, -0.05) is 30.2 Å². The summed E-state index contributed by atoms with van der Waals surface area (Å²) in [6.07, 6.45) is 5.36. The highest BCUT2D eigenvalue weighted by atomic mass is 16.2. The molecule has 0 saturated heterocycles. The van der Waals surface area contributed by atoms with Crippen LogP contribution in [-0.2, 0) is 6.54 Å². The summed E-state index contributed by atoms with van der Waals surface area (Å²) in [6, 6.07) is 20.8. The van der Waals surface area contributed by atoms with Gasteiger partial charge in [0, 0.05) is 17.7 Å². The molecule has 0 aliphatic rings. The second-order valence-electron chi connectivity index (χ2n) is 7.34. The SMILES string of the molecule is C#Cc1ccc(-n2nc(N)c(C(=O)NCc3ccc(C(=O)Nc4ccccc4N)cc3)n2)cc1. The molecule has 0 aliphatic heterocycles. The number of hydrogen-bond donors (Lipinski definition) is 4. The molecular weight excluding hydrogens is 430 g/mol. The Hall–Kier alpha value is -5.10. The maximum absolute atomic E-state index is 12.6. The van der Waals surface area contributed by atoms with Crippen LogP contribution in [0.25, 0.3) is 5.69 Å². The molecule has 0 unspecified atom stereocenters. The first-order chi connectivity index (χ1) is 16.4. The van der Waals surface area contributed by atoms with Crippen molar-refractivity contribution in [2.24, 2.45) is 0 Å². The molecule has 168 valence electrons. The third-order valence-electron chi connectivity index (χ3n) is 5.00. The van der Waals surface area contributed by atoms with E-state index in [1.807, 2.05) is 0 Å². The van der Waals surface area contributed by atoms with Gasteiger partial charge in [0.2, 0.25) is 0 Å². The molecule has 0 bridgehead atoms. The highest BCUT2D eigenvalue weighted by Gasteiger charge is 2.17. The van der Waals surface area contributed by atoms with Gasteiger partial charge in [-0.3, -0.25) is 9.59 Å². The molecule has 4 rings (SSSR count). The van der Waals surface area contributed by atoms with E-state index in [-0.39, 0.29) is 24.0 Å². The average Bonchev–Trinajstić information content (AvgIpc) is 3.26. The van der Waals surface area contributed by atoms with Crippen LogP contribution in [0.15, 0.2) is 72.8 Å². The van der Waals surface area contributed by atoms with Gasteiger partial charge >= 0.3 is 0 Å². The van der Waals surface area contributed by atoms with E-state index in [9.17, 15) is 9.59 Å². The van der Waals surface area contributed by atoms with Crippen molar-refractivity contribution in [2.75, 3.05) is 16.8 Å². The predicted octanol–water partition coefficient (Wildman–Crippen LogP) is 2.60. The van der Waals surface area contributed by atoms with Gasteiger partial charge in [-0.25, -0.2) is 0 Å². The van der Waals surface area contributed by atoms with Gasteiger partial charge in [-0.2, -0.15) is 0 Å². The highest BCUT2D eigenvalue weighted by molar-refractivity contribution is 6.05. The summed E-state index contributed by atoms with van der Waals surface area (Å²) in [4.78, 5) is 26.3. The van der Waals surface area contributed by atoms with Crippen molar-refractivity contribution < 1.29 is 9.59 Å². The maximum atomic E-state index is 12.6. The molecule has 0 aliphatic carbocycles. The number of rotatable bonds is 6. The fourth-order valence-electron chi connectivity index (χ4n) is 3.13. The lowest BCUT2D eigenvalue weighted by Crippen LogP contribution is -2.24. The summed E-state index contributed by atoms with van der Waals surface area (Å²) < 4.78 is 0. The molecular formula is C25H21N7O2. The van der Waals surface area contributed by atoms with E-state index < -0.39 is 5.91 Å². The van der Waals surface area contributed by atoms with Gasteiger partial charge in [-0.05, 0) is 54.1 Å². The zero-order valence-electron chi connectivity index (χ0n) is 18.0. The number of hydrogen-bond acceptors (Lipinski definition) is 6.